The molecule has 4 rings (SSSR count). The largest absolute Gasteiger partial charge is 0.460 e. The van der Waals surface area contributed by atoms with E-state index in [0.717, 1.165) is 0 Å². The fourth-order valence-electron chi connectivity index (χ4n) is 3.41. The normalized spacial score (nSPS) is 14.9. The fraction of sp³-hybridized carbons (Fsp3) is 0.273. The molecule has 0 unspecified atom stereocenters. The van der Waals surface area contributed by atoms with E-state index < -0.39 is 21.9 Å². The van der Waals surface area contributed by atoms with Gasteiger partial charge >= 0.3 is 5.97 Å². The number of morpholine rings is 1. The monoisotopic (exact) mass is 458 g/mol. The number of rotatable bonds is 6. The molecule has 1 N–H and O–H groups in total. The van der Waals surface area contributed by atoms with Crippen LogP contribution in [0, 0.1) is 0 Å². The Bertz CT molecular complexity index is 1240. The summed E-state index contributed by atoms with van der Waals surface area (Å²) in [6, 6.07) is 12.5. The lowest BCUT2D eigenvalue weighted by Crippen LogP contribution is -2.40. The third-order valence-corrected chi connectivity index (χ3v) is 6.93. The standard InChI is InChI=1S/C22H22N2O7S/c1-2-30-22(26)20-19(17-5-3-4-6-18(17)31-20)23-21(25)15-7-9-16(10-8-15)32(27,28)24-11-13-29-14-12-24/h3-10H,2,11-14H2,1H3,(H,23,25). The van der Waals surface area contributed by atoms with E-state index in [1.165, 1.54) is 28.6 Å². The molecule has 32 heavy (non-hydrogen) atoms. The molecule has 1 amide bonds. The maximum atomic E-state index is 12.9. The lowest BCUT2D eigenvalue weighted by atomic mass is 10.2. The van der Waals surface area contributed by atoms with E-state index >= 15 is 0 Å². The van der Waals surface area contributed by atoms with Crippen LogP contribution < -0.4 is 5.32 Å². The number of nitrogens with one attached hydrogen (secondary N) is 1. The molecule has 9 nitrogen and oxygen atoms in total. The highest BCUT2D eigenvalue weighted by Crippen LogP contribution is 2.32. The van der Waals surface area contributed by atoms with Crippen molar-refractivity contribution in [1.29, 1.82) is 0 Å². The van der Waals surface area contributed by atoms with Crippen molar-refractivity contribution in [1.82, 2.24) is 4.31 Å². The quantitative estimate of drug-likeness (QED) is 0.565. The Balaban J connectivity index is 1.59. The first-order valence-electron chi connectivity index (χ1n) is 10.1. The predicted octanol–water partition coefficient (Wildman–Crippen LogP) is 2.88. The summed E-state index contributed by atoms with van der Waals surface area (Å²) in [6.07, 6.45) is 0. The number of furan rings is 1. The summed E-state index contributed by atoms with van der Waals surface area (Å²) in [5, 5.41) is 3.25. The van der Waals surface area contributed by atoms with E-state index in [1.807, 2.05) is 0 Å². The van der Waals surface area contributed by atoms with Crippen molar-refractivity contribution in [2.75, 3.05) is 38.2 Å². The molecule has 2 heterocycles. The molecule has 1 aromatic heterocycles. The Labute approximate surface area is 184 Å². The number of sulfonamides is 1. The highest BCUT2D eigenvalue weighted by Gasteiger charge is 2.27. The smallest absolute Gasteiger partial charge is 0.376 e. The van der Waals surface area contributed by atoms with Crippen molar-refractivity contribution >= 4 is 38.6 Å². The Kier molecular flexibility index (Phi) is 6.26. The molecule has 0 bridgehead atoms. The summed E-state index contributed by atoms with van der Waals surface area (Å²) in [7, 11) is -3.66. The van der Waals surface area contributed by atoms with E-state index in [0.29, 0.717) is 24.2 Å². The number of nitrogens with zero attached hydrogens (tertiary/aromatic N) is 1. The van der Waals surface area contributed by atoms with Crippen LogP contribution >= 0.6 is 0 Å². The molecule has 0 spiro atoms. The fourth-order valence-corrected chi connectivity index (χ4v) is 4.82. The molecule has 3 aromatic rings. The van der Waals surface area contributed by atoms with Crippen LogP contribution in [0.15, 0.2) is 57.8 Å². The summed E-state index contributed by atoms with van der Waals surface area (Å²) < 4.78 is 42.7. The Morgan fingerprint density at radius 2 is 1.75 bits per heavy atom. The van der Waals surface area contributed by atoms with Crippen LogP contribution in [0.5, 0.6) is 0 Å². The number of carbonyl (C=O) groups excluding carboxylic acids is 2. The molecular formula is C22H22N2O7S. The number of carbonyl (C=O) groups is 2. The van der Waals surface area contributed by atoms with E-state index in [4.69, 9.17) is 13.9 Å². The van der Waals surface area contributed by atoms with E-state index in [-0.39, 0.29) is 41.6 Å². The summed E-state index contributed by atoms with van der Waals surface area (Å²) in [6.45, 7) is 3.10. The summed E-state index contributed by atoms with van der Waals surface area (Å²) in [5.41, 5.74) is 0.859. The van der Waals surface area contributed by atoms with Crippen molar-refractivity contribution in [3.8, 4) is 0 Å². The Morgan fingerprint density at radius 1 is 1.06 bits per heavy atom. The molecule has 1 aliphatic rings. The van der Waals surface area contributed by atoms with Gasteiger partial charge in [0.25, 0.3) is 5.91 Å². The Morgan fingerprint density at radius 3 is 2.44 bits per heavy atom. The van der Waals surface area contributed by atoms with Gasteiger partial charge in [-0.05, 0) is 43.3 Å². The first-order chi connectivity index (χ1) is 15.4. The van der Waals surface area contributed by atoms with Gasteiger partial charge in [0.1, 0.15) is 11.3 Å². The molecule has 2 aromatic carbocycles. The molecule has 0 saturated carbocycles. The van der Waals surface area contributed by atoms with Gasteiger partial charge in [0.05, 0.1) is 24.7 Å². The van der Waals surface area contributed by atoms with Gasteiger partial charge in [-0.25, -0.2) is 13.2 Å². The van der Waals surface area contributed by atoms with Crippen molar-refractivity contribution in [2.24, 2.45) is 0 Å². The Hall–Kier alpha value is -3.21. The minimum atomic E-state index is -3.66. The third kappa shape index (κ3) is 4.24. The highest BCUT2D eigenvalue weighted by atomic mass is 32.2. The first kappa shape index (κ1) is 22.0. The molecule has 1 fully saturated rings. The van der Waals surface area contributed by atoms with Crippen LogP contribution in [0.3, 0.4) is 0 Å². The van der Waals surface area contributed by atoms with Gasteiger partial charge in [0, 0.05) is 24.0 Å². The minimum absolute atomic E-state index is 0.0944. The molecule has 0 aliphatic carbocycles. The summed E-state index contributed by atoms with van der Waals surface area (Å²) in [4.78, 5) is 25.3. The van der Waals surface area contributed by atoms with Gasteiger partial charge in [0.2, 0.25) is 15.8 Å². The molecule has 1 aliphatic heterocycles. The zero-order valence-corrected chi connectivity index (χ0v) is 18.2. The average Bonchev–Trinajstić information content (AvgIpc) is 3.18. The summed E-state index contributed by atoms with van der Waals surface area (Å²) >= 11 is 0. The number of anilines is 1. The molecule has 168 valence electrons. The predicted molar refractivity (Wildman–Crippen MR) is 116 cm³/mol. The van der Waals surface area contributed by atoms with Crippen molar-refractivity contribution in [3.05, 3.63) is 59.9 Å². The van der Waals surface area contributed by atoms with Gasteiger partial charge in [-0.15, -0.1) is 0 Å². The number of amides is 1. The zero-order chi connectivity index (χ0) is 22.7. The molecule has 0 atom stereocenters. The highest BCUT2D eigenvalue weighted by molar-refractivity contribution is 7.89. The molecular weight excluding hydrogens is 436 g/mol. The van der Waals surface area contributed by atoms with Gasteiger partial charge < -0.3 is 19.2 Å². The second-order valence-electron chi connectivity index (χ2n) is 7.02. The number of ether oxygens (including phenoxy) is 2. The van der Waals surface area contributed by atoms with Gasteiger partial charge in [-0.1, -0.05) is 12.1 Å². The summed E-state index contributed by atoms with van der Waals surface area (Å²) in [5.74, 6) is -1.31. The number of benzene rings is 2. The van der Waals surface area contributed by atoms with Crippen molar-refractivity contribution in [3.63, 3.8) is 0 Å². The zero-order valence-electron chi connectivity index (χ0n) is 17.4. The van der Waals surface area contributed by atoms with Crippen LogP contribution in [-0.4, -0.2) is 57.5 Å². The lowest BCUT2D eigenvalue weighted by molar-refractivity contribution is 0.0494. The van der Waals surface area contributed by atoms with Crippen molar-refractivity contribution in [2.45, 2.75) is 11.8 Å². The van der Waals surface area contributed by atoms with E-state index in [1.54, 1.807) is 31.2 Å². The van der Waals surface area contributed by atoms with Gasteiger partial charge in [-0.3, -0.25) is 4.79 Å². The van der Waals surface area contributed by atoms with E-state index in [9.17, 15) is 18.0 Å². The molecule has 0 radical (unpaired) electrons. The number of hydrogen-bond acceptors (Lipinski definition) is 7. The minimum Gasteiger partial charge on any atom is -0.460 e. The second-order valence-corrected chi connectivity index (χ2v) is 8.96. The van der Waals surface area contributed by atoms with E-state index in [2.05, 4.69) is 5.32 Å². The number of esters is 1. The number of fused-ring (bicyclic) bond motifs is 1. The van der Waals surface area contributed by atoms with Crippen LogP contribution in [0.25, 0.3) is 11.0 Å². The molecule has 10 heteroatoms. The van der Waals surface area contributed by atoms with Gasteiger partial charge in [-0.2, -0.15) is 4.31 Å². The van der Waals surface area contributed by atoms with Crippen molar-refractivity contribution < 1.29 is 31.9 Å². The first-order valence-corrected chi connectivity index (χ1v) is 11.5. The third-order valence-electron chi connectivity index (χ3n) is 5.02. The maximum absolute atomic E-state index is 12.9. The van der Waals surface area contributed by atoms with Crippen LogP contribution in [-0.2, 0) is 19.5 Å². The maximum Gasteiger partial charge on any atom is 0.376 e. The second kappa shape index (κ2) is 9.11. The van der Waals surface area contributed by atoms with Crippen LogP contribution in [0.4, 0.5) is 5.69 Å². The average molecular weight is 458 g/mol. The number of hydrogen-bond donors (Lipinski definition) is 1. The SMILES string of the molecule is CCOC(=O)c1oc2ccccc2c1NC(=O)c1ccc(S(=O)(=O)N2CCOCC2)cc1. The van der Waals surface area contributed by atoms with Crippen LogP contribution in [0.1, 0.15) is 27.8 Å². The number of para-hydroxylation sites is 1. The van der Waals surface area contributed by atoms with Crippen LogP contribution in [0.2, 0.25) is 0 Å². The van der Waals surface area contributed by atoms with Gasteiger partial charge in [0.15, 0.2) is 0 Å². The topological polar surface area (TPSA) is 115 Å². The molecule has 1 saturated heterocycles. The lowest BCUT2D eigenvalue weighted by Gasteiger charge is -2.26.